The highest BCUT2D eigenvalue weighted by Crippen LogP contribution is 2.65. The number of rotatable bonds is 0. The smallest absolute Gasteiger partial charge is 0.246 e. The molecule has 1 nitrogen and oxygen atoms in total. The maximum atomic E-state index is 12.4. The van der Waals surface area contributed by atoms with Crippen molar-refractivity contribution in [1.29, 1.82) is 0 Å². The molecule has 1 saturated carbocycles. The van der Waals surface area contributed by atoms with E-state index >= 15 is 0 Å². The van der Waals surface area contributed by atoms with Crippen LogP contribution in [-0.4, -0.2) is 22.1 Å². The van der Waals surface area contributed by atoms with Crippen molar-refractivity contribution in [3.63, 3.8) is 0 Å². The van der Waals surface area contributed by atoms with Crippen molar-refractivity contribution in [3.05, 3.63) is 0 Å². The van der Waals surface area contributed by atoms with Crippen molar-refractivity contribution in [1.82, 2.24) is 3.11 Å². The summed E-state index contributed by atoms with van der Waals surface area (Å²) in [5.41, 5.74) is -0.575. The van der Waals surface area contributed by atoms with Crippen molar-refractivity contribution in [2.45, 2.75) is 12.3 Å². The highest BCUT2D eigenvalue weighted by molar-refractivity contribution is 14.1. The van der Waals surface area contributed by atoms with Crippen LogP contribution in [0.4, 0.5) is 8.78 Å². The van der Waals surface area contributed by atoms with Gasteiger partial charge in [0.15, 0.2) is 0 Å². The molecule has 4 heteroatoms. The van der Waals surface area contributed by atoms with Crippen LogP contribution in [0.25, 0.3) is 0 Å². The Morgan fingerprint density at radius 1 is 1.33 bits per heavy atom. The van der Waals surface area contributed by atoms with Crippen LogP contribution in [0.15, 0.2) is 0 Å². The normalized spacial score (nSPS) is 36.3. The molecule has 1 aliphatic heterocycles. The summed E-state index contributed by atoms with van der Waals surface area (Å²) in [6.07, 6.45) is 0.125. The molecule has 52 valence electrons. The average Bonchev–Trinajstić information content (AvgIpc) is 2.06. The second kappa shape index (κ2) is 1.42. The lowest BCUT2D eigenvalue weighted by Gasteiger charge is -2.34. The third-order valence-electron chi connectivity index (χ3n) is 2.16. The summed E-state index contributed by atoms with van der Waals surface area (Å²) >= 11 is 2.08. The molecule has 2 rings (SSSR count). The van der Waals surface area contributed by atoms with Gasteiger partial charge >= 0.3 is 0 Å². The highest BCUT2D eigenvalue weighted by atomic mass is 127. The van der Waals surface area contributed by atoms with Gasteiger partial charge in [-0.15, -0.1) is 0 Å². The van der Waals surface area contributed by atoms with Gasteiger partial charge in [-0.2, -0.15) is 0 Å². The maximum absolute atomic E-state index is 12.4. The standard InChI is InChI=1S/C5H6F2IN/c6-5(7)1-4(5)2-9(8)3-4/h1-3H2. The molecule has 1 aliphatic carbocycles. The van der Waals surface area contributed by atoms with E-state index < -0.39 is 11.3 Å². The minimum absolute atomic E-state index is 0.125. The highest BCUT2D eigenvalue weighted by Gasteiger charge is 2.75. The molecule has 9 heavy (non-hydrogen) atoms. The molecular weight excluding hydrogens is 239 g/mol. The third kappa shape index (κ3) is 0.661. The minimum atomic E-state index is -2.32. The summed E-state index contributed by atoms with van der Waals surface area (Å²) in [7, 11) is 0. The molecule has 0 radical (unpaired) electrons. The van der Waals surface area contributed by atoms with Crippen LogP contribution in [0.1, 0.15) is 6.42 Å². The number of nitrogens with zero attached hydrogens (tertiary/aromatic N) is 1. The second-order valence-electron chi connectivity index (χ2n) is 2.94. The van der Waals surface area contributed by atoms with E-state index in [1.807, 2.05) is 3.11 Å². The Balaban J connectivity index is 2.03. The van der Waals surface area contributed by atoms with E-state index in [0.29, 0.717) is 13.1 Å². The molecule has 0 aromatic carbocycles. The molecule has 1 saturated heterocycles. The van der Waals surface area contributed by atoms with Crippen LogP contribution >= 0.6 is 22.9 Å². The molecule has 0 unspecified atom stereocenters. The van der Waals surface area contributed by atoms with Gasteiger partial charge in [-0.05, 0) is 0 Å². The molecule has 0 N–H and O–H groups in total. The Morgan fingerprint density at radius 3 is 1.89 bits per heavy atom. The second-order valence-corrected chi connectivity index (χ2v) is 4.30. The van der Waals surface area contributed by atoms with Crippen LogP contribution in [0.3, 0.4) is 0 Å². The molecule has 0 aromatic rings. The number of hydrogen-bond donors (Lipinski definition) is 0. The predicted molar refractivity (Wildman–Crippen MR) is 37.6 cm³/mol. The lowest BCUT2D eigenvalue weighted by atomic mass is 10.00. The van der Waals surface area contributed by atoms with E-state index in [-0.39, 0.29) is 6.42 Å². The zero-order valence-electron chi connectivity index (χ0n) is 4.70. The molecule has 2 fully saturated rings. The SMILES string of the molecule is FC1(F)CC12CN(I)C2. The Kier molecular flexibility index (Phi) is 0.987. The topological polar surface area (TPSA) is 3.24 Å². The van der Waals surface area contributed by atoms with Gasteiger partial charge in [0.05, 0.1) is 5.41 Å². The Bertz CT molecular complexity index is 153. The molecule has 0 aromatic heterocycles. The first kappa shape index (κ1) is 6.27. The zero-order chi connectivity index (χ0) is 6.70. The van der Waals surface area contributed by atoms with Crippen molar-refractivity contribution in [2.75, 3.05) is 13.1 Å². The predicted octanol–water partition coefficient (Wildman–Crippen LogP) is 1.68. The Labute approximate surface area is 65.9 Å². The van der Waals surface area contributed by atoms with E-state index in [1.165, 1.54) is 0 Å². The van der Waals surface area contributed by atoms with Gasteiger partial charge in [-0.3, -0.25) is 0 Å². The Morgan fingerprint density at radius 2 is 1.78 bits per heavy atom. The average molecular weight is 245 g/mol. The lowest BCUT2D eigenvalue weighted by Crippen LogP contribution is -2.45. The van der Waals surface area contributed by atoms with Crippen molar-refractivity contribution in [2.24, 2.45) is 5.41 Å². The number of hydrogen-bond acceptors (Lipinski definition) is 1. The minimum Gasteiger partial charge on any atom is -0.246 e. The van der Waals surface area contributed by atoms with Crippen molar-refractivity contribution >= 4 is 22.9 Å². The van der Waals surface area contributed by atoms with Gasteiger partial charge in [0, 0.05) is 42.4 Å². The summed E-state index contributed by atoms with van der Waals surface area (Å²) in [6.45, 7) is 1.17. The summed E-state index contributed by atoms with van der Waals surface area (Å²) < 4.78 is 26.7. The van der Waals surface area contributed by atoms with Gasteiger partial charge in [0.2, 0.25) is 0 Å². The first-order valence-corrected chi connectivity index (χ1v) is 3.81. The molecule has 0 bridgehead atoms. The van der Waals surface area contributed by atoms with E-state index in [2.05, 4.69) is 22.9 Å². The molecular formula is C5H6F2IN. The van der Waals surface area contributed by atoms with Crippen LogP contribution in [0.2, 0.25) is 0 Å². The quantitative estimate of drug-likeness (QED) is 0.463. The van der Waals surface area contributed by atoms with E-state index in [0.717, 1.165) is 0 Å². The van der Waals surface area contributed by atoms with Crippen LogP contribution in [0, 0.1) is 5.41 Å². The molecule has 2 aliphatic rings. The number of alkyl halides is 2. The monoisotopic (exact) mass is 245 g/mol. The lowest BCUT2D eigenvalue weighted by molar-refractivity contribution is 0.0202. The van der Waals surface area contributed by atoms with E-state index in [4.69, 9.17) is 0 Å². The number of halogens is 3. The van der Waals surface area contributed by atoms with Crippen molar-refractivity contribution in [3.8, 4) is 0 Å². The van der Waals surface area contributed by atoms with Gasteiger partial charge in [-0.1, -0.05) is 0 Å². The fourth-order valence-electron chi connectivity index (χ4n) is 1.33. The fourth-order valence-corrected chi connectivity index (χ4v) is 2.64. The van der Waals surface area contributed by atoms with Gasteiger partial charge in [0.25, 0.3) is 5.92 Å². The van der Waals surface area contributed by atoms with Gasteiger partial charge in [-0.25, -0.2) is 11.9 Å². The Hall–Kier alpha value is 0.550. The summed E-state index contributed by atoms with van der Waals surface area (Å²) in [5.74, 6) is -2.32. The van der Waals surface area contributed by atoms with Crippen molar-refractivity contribution < 1.29 is 8.78 Å². The van der Waals surface area contributed by atoms with Gasteiger partial charge in [0.1, 0.15) is 0 Å². The zero-order valence-corrected chi connectivity index (χ0v) is 6.86. The largest absolute Gasteiger partial charge is 0.257 e. The van der Waals surface area contributed by atoms with Crippen LogP contribution in [-0.2, 0) is 0 Å². The molecule has 0 amide bonds. The summed E-state index contributed by atoms with van der Waals surface area (Å²) in [5, 5.41) is 0. The van der Waals surface area contributed by atoms with Crippen LogP contribution < -0.4 is 0 Å². The van der Waals surface area contributed by atoms with Gasteiger partial charge < -0.3 is 0 Å². The first-order chi connectivity index (χ1) is 4.06. The summed E-state index contributed by atoms with van der Waals surface area (Å²) in [4.78, 5) is 0. The maximum Gasteiger partial charge on any atom is 0.257 e. The molecule has 1 heterocycles. The summed E-state index contributed by atoms with van der Waals surface area (Å²) in [6, 6.07) is 0. The van der Waals surface area contributed by atoms with E-state index in [1.54, 1.807) is 0 Å². The fraction of sp³-hybridized carbons (Fsp3) is 1.00. The molecule has 0 atom stereocenters. The third-order valence-corrected chi connectivity index (χ3v) is 2.84. The first-order valence-electron chi connectivity index (χ1n) is 2.84. The molecule has 1 spiro atoms. The van der Waals surface area contributed by atoms with Crippen LogP contribution in [0.5, 0.6) is 0 Å². The van der Waals surface area contributed by atoms with E-state index in [9.17, 15) is 8.78 Å².